The van der Waals surface area contributed by atoms with Gasteiger partial charge in [0.05, 0.1) is 0 Å². The molecule has 0 unspecified atom stereocenters. The maximum absolute atomic E-state index is 19.2. The molecule has 408 valence electrons. The van der Waals surface area contributed by atoms with Gasteiger partial charge in [0, 0.05) is 0 Å². The molecule has 13 aromatic rings. The van der Waals surface area contributed by atoms with Crippen molar-refractivity contribution < 1.29 is 0 Å². The van der Waals surface area contributed by atoms with Crippen LogP contribution in [0.25, 0.3) is 0 Å². The molecule has 0 amide bonds. The van der Waals surface area contributed by atoms with Crippen molar-refractivity contribution in [2.75, 3.05) is 0 Å². The summed E-state index contributed by atoms with van der Waals surface area (Å²) in [6.45, 7) is -16.1. The van der Waals surface area contributed by atoms with E-state index in [0.717, 1.165) is 0 Å². The molecular formula is C75H60N3O3P3. The van der Waals surface area contributed by atoms with Crippen molar-refractivity contribution in [3.8, 4) is 0 Å². The summed E-state index contributed by atoms with van der Waals surface area (Å²) in [7, 11) is 0. The second-order valence-electron chi connectivity index (χ2n) is 21.0. The van der Waals surface area contributed by atoms with Crippen molar-refractivity contribution >= 4 is 83.9 Å². The zero-order valence-corrected chi connectivity index (χ0v) is 48.7. The number of hydrogen-bond donors (Lipinski definition) is 0. The molecule has 0 bridgehead atoms. The van der Waals surface area contributed by atoms with Gasteiger partial charge < -0.3 is 0 Å². The number of benzene rings is 12. The Hall–Kier alpha value is -9.66. The molecule has 0 N–H and O–H groups in total. The molecule has 1 aromatic heterocycles. The average Bonchev–Trinajstić information content (AvgIpc) is 0.645. The van der Waals surface area contributed by atoms with Crippen LogP contribution in [0.4, 0.5) is 0 Å². The second kappa shape index (κ2) is 21.3. The van der Waals surface area contributed by atoms with Crippen LogP contribution >= 0.6 is 20.3 Å². The standard InChI is InChI=1S/C75H60N3O3P3/c79-73-76(82(61-37-13-1-14-38-61,62-39-15-2-16-40-62,63-41-17-3-18-42-63)64-43-19-4-20-44-64)74(80)78(84(69-53-29-9-30-54-69,70-55-31-10-32-56-70,71-57-33-11-34-58-71)72-59-35-12-36-60-72)75(81)77(73)83(65-45-21-5-22-46-65,66-47-23-6-24-48-66,67-49-25-7-26-50-67)68-51-27-8-28-52-68/h1-60H. The minimum absolute atomic E-state index is 0.710. The van der Waals surface area contributed by atoms with Gasteiger partial charge in [-0.1, -0.05) is 0 Å². The zero-order chi connectivity index (χ0) is 57.2. The molecule has 6 nitrogen and oxygen atoms in total. The third kappa shape index (κ3) is 6.94. The van der Waals surface area contributed by atoms with Crippen LogP contribution in [0.3, 0.4) is 0 Å². The van der Waals surface area contributed by atoms with Gasteiger partial charge in [0.15, 0.2) is 0 Å². The molecule has 12 aromatic carbocycles. The van der Waals surface area contributed by atoms with Crippen molar-refractivity contribution in [2.45, 2.75) is 0 Å². The summed E-state index contributed by atoms with van der Waals surface area (Å²) < 4.78 is 4.92. The van der Waals surface area contributed by atoms with Crippen molar-refractivity contribution in [2.24, 2.45) is 0 Å². The first-order valence-corrected chi connectivity index (χ1v) is 34.7. The van der Waals surface area contributed by atoms with E-state index in [9.17, 15) is 0 Å². The Labute approximate surface area is 489 Å². The summed E-state index contributed by atoms with van der Waals surface area (Å²) in [5.74, 6) is 0. The van der Waals surface area contributed by atoms with Crippen LogP contribution < -0.4 is 80.7 Å². The zero-order valence-electron chi connectivity index (χ0n) is 46.0. The normalized spacial score (nSPS) is 13.2. The van der Waals surface area contributed by atoms with Gasteiger partial charge >= 0.3 is 492 Å². The van der Waals surface area contributed by atoms with Gasteiger partial charge in [-0.2, -0.15) is 0 Å². The molecule has 84 heavy (non-hydrogen) atoms. The van der Waals surface area contributed by atoms with E-state index in [1.165, 1.54) is 0 Å². The quantitative estimate of drug-likeness (QED) is 0.0962. The van der Waals surface area contributed by atoms with Crippen LogP contribution in [-0.4, -0.2) is 13.0 Å². The molecule has 1 heterocycles. The van der Waals surface area contributed by atoms with E-state index in [1.54, 1.807) is 13.0 Å². The molecule has 0 spiro atoms. The van der Waals surface area contributed by atoms with Crippen LogP contribution in [0, 0.1) is 0 Å². The molecule has 9 heteroatoms. The van der Waals surface area contributed by atoms with Gasteiger partial charge in [-0.3, -0.25) is 0 Å². The van der Waals surface area contributed by atoms with Gasteiger partial charge in [-0.25, -0.2) is 0 Å². The average molecular weight is 1140 g/mol. The Morgan fingerprint density at radius 2 is 0.226 bits per heavy atom. The second-order valence-corrected chi connectivity index (χ2v) is 34.8. The van der Waals surface area contributed by atoms with Crippen molar-refractivity contribution in [1.29, 1.82) is 0 Å². The number of hydrogen-bond acceptors (Lipinski definition) is 3. The summed E-state index contributed by atoms with van der Waals surface area (Å²) in [4.78, 5) is 57.7. The third-order valence-electron chi connectivity index (χ3n) is 17.4. The fourth-order valence-electron chi connectivity index (χ4n) is 14.2. The first kappa shape index (κ1) is 53.6. The van der Waals surface area contributed by atoms with Crippen LogP contribution in [0.1, 0.15) is 0 Å². The third-order valence-corrected chi connectivity index (χ3v) is 36.5. The number of rotatable bonds is 15. The SMILES string of the molecule is O=c1n(P(c2ccccc2)(c2ccccc2)(c2ccccc2)c2ccccc2)c(=O)n(P(c2ccccc2)(c2ccccc2)(c2ccccc2)c2ccccc2)c(=O)n1P(c1ccccc1)(c1ccccc1)(c1ccccc1)c1ccccc1. The molecule has 0 aliphatic heterocycles. The molecule has 0 saturated heterocycles. The summed E-state index contributed by atoms with van der Waals surface area (Å²) in [6, 6.07) is 121. The molecular weight excluding hydrogens is 1080 g/mol. The Bertz CT molecular complexity index is 3590. The van der Waals surface area contributed by atoms with Crippen molar-refractivity contribution in [3.05, 3.63) is 395 Å². The Kier molecular flexibility index (Phi) is 13.6. The van der Waals surface area contributed by atoms with Crippen LogP contribution in [0.2, 0.25) is 0 Å². The molecule has 0 radical (unpaired) electrons. The number of nitrogens with zero attached hydrogens (tertiary/aromatic N) is 3. The fourth-order valence-corrected chi connectivity index (χ4v) is 34.2. The summed E-state index contributed by atoms with van der Waals surface area (Å²) in [5.41, 5.74) is -2.34. The molecule has 0 atom stereocenters. The Balaban J connectivity index is 1.53. The summed E-state index contributed by atoms with van der Waals surface area (Å²) in [6.07, 6.45) is 0. The fraction of sp³-hybridized carbons (Fsp3) is 0. The predicted octanol–water partition coefficient (Wildman–Crippen LogP) is 10.0. The monoisotopic (exact) mass is 1140 g/mol. The maximum atomic E-state index is 19.2. The predicted molar refractivity (Wildman–Crippen MR) is 359 cm³/mol. The van der Waals surface area contributed by atoms with Gasteiger partial charge in [0.2, 0.25) is 0 Å². The minimum atomic E-state index is -5.37. The van der Waals surface area contributed by atoms with Gasteiger partial charge in [-0.15, -0.1) is 0 Å². The summed E-state index contributed by atoms with van der Waals surface area (Å²) in [5, 5.41) is 8.52. The van der Waals surface area contributed by atoms with E-state index < -0.39 is 37.3 Å². The molecule has 0 saturated carbocycles. The van der Waals surface area contributed by atoms with Gasteiger partial charge in [0.1, 0.15) is 0 Å². The number of aromatic nitrogens is 3. The van der Waals surface area contributed by atoms with Gasteiger partial charge in [0.25, 0.3) is 0 Å². The van der Waals surface area contributed by atoms with Crippen molar-refractivity contribution in [1.82, 2.24) is 13.0 Å². The first-order valence-electron chi connectivity index (χ1n) is 28.2. The van der Waals surface area contributed by atoms with E-state index in [1.807, 2.05) is 218 Å². The van der Waals surface area contributed by atoms with E-state index in [-0.39, 0.29) is 0 Å². The van der Waals surface area contributed by atoms with Gasteiger partial charge in [-0.05, 0) is 0 Å². The Morgan fingerprint density at radius 1 is 0.143 bits per heavy atom. The molecule has 0 aliphatic carbocycles. The molecule has 0 aliphatic rings. The molecule has 0 fully saturated rings. The van der Waals surface area contributed by atoms with E-state index >= 15 is 14.4 Å². The first-order chi connectivity index (χ1) is 41.4. The topological polar surface area (TPSA) is 66.0 Å². The molecule has 13 rings (SSSR count). The van der Waals surface area contributed by atoms with E-state index in [2.05, 4.69) is 146 Å². The summed E-state index contributed by atoms with van der Waals surface area (Å²) >= 11 is 0. The Morgan fingerprint density at radius 3 is 0.310 bits per heavy atom. The van der Waals surface area contributed by atoms with E-state index in [0.29, 0.717) is 63.7 Å². The van der Waals surface area contributed by atoms with Crippen LogP contribution in [-0.2, 0) is 0 Å². The van der Waals surface area contributed by atoms with Crippen LogP contribution in [0.5, 0.6) is 0 Å². The van der Waals surface area contributed by atoms with Crippen LogP contribution in [0.15, 0.2) is 378 Å². The van der Waals surface area contributed by atoms with Crippen molar-refractivity contribution in [3.63, 3.8) is 0 Å². The van der Waals surface area contributed by atoms with E-state index in [4.69, 9.17) is 0 Å².